The summed E-state index contributed by atoms with van der Waals surface area (Å²) in [4.78, 5) is -0.208. The molecule has 1 atom stereocenters. The number of thiophene rings is 1. The van der Waals surface area contributed by atoms with Gasteiger partial charge in [-0.2, -0.15) is 18.3 Å². The average molecular weight is 392 g/mol. The SMILES string of the molecule is OC(c1ccc2c(cnn2-c2ccc(F)cc2)c1)(c1cccs1)C(F)(F)F. The van der Waals surface area contributed by atoms with Crippen LogP contribution in [-0.4, -0.2) is 21.1 Å². The Kier molecular flexibility index (Phi) is 4.05. The molecule has 1 N–H and O–H groups in total. The van der Waals surface area contributed by atoms with Crippen LogP contribution in [0.4, 0.5) is 17.6 Å². The van der Waals surface area contributed by atoms with E-state index in [1.165, 1.54) is 70.9 Å². The number of aliphatic hydroxyl groups is 1. The quantitative estimate of drug-likeness (QED) is 0.497. The molecule has 0 spiro atoms. The third-order valence-electron chi connectivity index (χ3n) is 4.34. The van der Waals surface area contributed by atoms with Crippen molar-refractivity contribution in [2.75, 3.05) is 0 Å². The third kappa shape index (κ3) is 2.81. The monoisotopic (exact) mass is 392 g/mol. The first-order valence-electron chi connectivity index (χ1n) is 7.88. The second-order valence-electron chi connectivity index (χ2n) is 5.99. The maximum absolute atomic E-state index is 13.8. The van der Waals surface area contributed by atoms with Gasteiger partial charge in [0.15, 0.2) is 0 Å². The van der Waals surface area contributed by atoms with E-state index in [2.05, 4.69) is 5.10 Å². The van der Waals surface area contributed by atoms with Gasteiger partial charge in [-0.3, -0.25) is 0 Å². The lowest BCUT2D eigenvalue weighted by molar-refractivity contribution is -0.247. The fraction of sp³-hybridized carbons (Fsp3) is 0.105. The molecule has 0 aliphatic rings. The van der Waals surface area contributed by atoms with E-state index in [1.54, 1.807) is 0 Å². The minimum absolute atomic E-state index is 0.208. The van der Waals surface area contributed by atoms with Gasteiger partial charge in [-0.25, -0.2) is 9.07 Å². The van der Waals surface area contributed by atoms with E-state index in [9.17, 15) is 22.7 Å². The number of fused-ring (bicyclic) bond motifs is 1. The Morgan fingerprint density at radius 2 is 1.74 bits per heavy atom. The molecule has 27 heavy (non-hydrogen) atoms. The van der Waals surface area contributed by atoms with Crippen LogP contribution in [0.25, 0.3) is 16.6 Å². The van der Waals surface area contributed by atoms with Crippen LogP contribution >= 0.6 is 11.3 Å². The van der Waals surface area contributed by atoms with Gasteiger partial charge in [0.1, 0.15) is 5.82 Å². The van der Waals surface area contributed by atoms with Gasteiger partial charge in [-0.15, -0.1) is 11.3 Å². The van der Waals surface area contributed by atoms with Crippen LogP contribution in [0.1, 0.15) is 10.4 Å². The predicted molar refractivity (Wildman–Crippen MR) is 94.4 cm³/mol. The molecule has 2 aromatic carbocycles. The number of nitrogens with zero attached hydrogens (tertiary/aromatic N) is 2. The molecule has 4 aromatic rings. The summed E-state index contributed by atoms with van der Waals surface area (Å²) in [6.45, 7) is 0. The van der Waals surface area contributed by atoms with Crippen LogP contribution < -0.4 is 0 Å². The Morgan fingerprint density at radius 3 is 2.37 bits per heavy atom. The molecular weight excluding hydrogens is 380 g/mol. The summed E-state index contributed by atoms with van der Waals surface area (Å²) in [6, 6.07) is 12.3. The molecule has 0 saturated heterocycles. The summed E-state index contributed by atoms with van der Waals surface area (Å²) in [5.74, 6) is -0.399. The average Bonchev–Trinajstić information content (AvgIpc) is 3.30. The predicted octanol–water partition coefficient (Wildman–Crippen LogP) is 5.02. The molecule has 0 aliphatic carbocycles. The summed E-state index contributed by atoms with van der Waals surface area (Å²) in [5.41, 5.74) is -2.28. The van der Waals surface area contributed by atoms with E-state index in [4.69, 9.17) is 0 Å². The molecule has 0 radical (unpaired) electrons. The van der Waals surface area contributed by atoms with Gasteiger partial charge in [0.25, 0.3) is 0 Å². The molecule has 138 valence electrons. The van der Waals surface area contributed by atoms with Gasteiger partial charge in [0.05, 0.1) is 17.4 Å². The van der Waals surface area contributed by atoms with Crippen molar-refractivity contribution in [3.63, 3.8) is 0 Å². The lowest BCUT2D eigenvalue weighted by Crippen LogP contribution is -2.42. The number of hydrogen-bond donors (Lipinski definition) is 1. The molecule has 2 aromatic heterocycles. The summed E-state index contributed by atoms with van der Waals surface area (Å²) in [7, 11) is 0. The van der Waals surface area contributed by atoms with Gasteiger partial charge >= 0.3 is 6.18 Å². The highest BCUT2D eigenvalue weighted by Crippen LogP contribution is 2.46. The van der Waals surface area contributed by atoms with Crippen molar-refractivity contribution < 1.29 is 22.7 Å². The minimum Gasteiger partial charge on any atom is -0.372 e. The molecule has 4 rings (SSSR count). The Labute approximate surface area is 155 Å². The Balaban J connectivity index is 1.86. The van der Waals surface area contributed by atoms with Crippen LogP contribution in [-0.2, 0) is 5.60 Å². The number of alkyl halides is 3. The number of halogens is 4. The zero-order chi connectivity index (χ0) is 19.2. The van der Waals surface area contributed by atoms with Crippen molar-refractivity contribution in [1.82, 2.24) is 9.78 Å². The minimum atomic E-state index is -4.89. The van der Waals surface area contributed by atoms with Crippen molar-refractivity contribution in [3.8, 4) is 5.69 Å². The maximum Gasteiger partial charge on any atom is 0.426 e. The summed E-state index contributed by atoms with van der Waals surface area (Å²) < 4.78 is 55.9. The van der Waals surface area contributed by atoms with Gasteiger partial charge in [-0.05, 0) is 53.4 Å². The maximum atomic E-state index is 13.8. The van der Waals surface area contributed by atoms with Crippen molar-refractivity contribution >= 4 is 22.2 Å². The fourth-order valence-corrected chi connectivity index (χ4v) is 3.84. The highest BCUT2D eigenvalue weighted by atomic mass is 32.1. The molecule has 0 saturated carbocycles. The van der Waals surface area contributed by atoms with Gasteiger partial charge in [0, 0.05) is 10.3 Å². The standard InChI is InChI=1S/C19H12F4N2OS/c20-14-4-6-15(7-5-14)25-16-8-3-13(10-12(16)11-24-25)18(26,19(21,22)23)17-2-1-9-27-17/h1-11,26H. The molecule has 0 aliphatic heterocycles. The number of aromatic nitrogens is 2. The number of hydrogen-bond acceptors (Lipinski definition) is 3. The Hall–Kier alpha value is -2.71. The summed E-state index contributed by atoms with van der Waals surface area (Å²) in [6.07, 6.45) is -3.48. The molecule has 1 unspecified atom stereocenters. The highest BCUT2D eigenvalue weighted by molar-refractivity contribution is 7.10. The lowest BCUT2D eigenvalue weighted by Gasteiger charge is -2.30. The second kappa shape index (κ2) is 6.17. The Morgan fingerprint density at radius 1 is 1.00 bits per heavy atom. The first-order chi connectivity index (χ1) is 12.8. The topological polar surface area (TPSA) is 38.1 Å². The van der Waals surface area contributed by atoms with Crippen molar-refractivity contribution in [1.29, 1.82) is 0 Å². The van der Waals surface area contributed by atoms with Crippen molar-refractivity contribution in [2.24, 2.45) is 0 Å². The summed E-state index contributed by atoms with van der Waals surface area (Å²) in [5, 5.41) is 16.7. The molecule has 0 bridgehead atoms. The van der Waals surface area contributed by atoms with Gasteiger partial charge < -0.3 is 5.11 Å². The molecule has 0 fully saturated rings. The molecule has 0 amide bonds. The van der Waals surface area contributed by atoms with Gasteiger partial charge in [-0.1, -0.05) is 12.1 Å². The number of benzene rings is 2. The fourth-order valence-electron chi connectivity index (χ4n) is 2.98. The van der Waals surface area contributed by atoms with Crippen LogP contribution in [0.5, 0.6) is 0 Å². The van der Waals surface area contributed by atoms with Crippen molar-refractivity contribution in [3.05, 3.63) is 82.4 Å². The van der Waals surface area contributed by atoms with Crippen LogP contribution in [0.3, 0.4) is 0 Å². The summed E-state index contributed by atoms with van der Waals surface area (Å²) >= 11 is 0.834. The van der Waals surface area contributed by atoms with E-state index < -0.39 is 17.6 Å². The van der Waals surface area contributed by atoms with E-state index in [0.29, 0.717) is 16.6 Å². The van der Waals surface area contributed by atoms with E-state index in [1.807, 2.05) is 0 Å². The second-order valence-corrected chi connectivity index (χ2v) is 6.94. The van der Waals surface area contributed by atoms with Gasteiger partial charge in [0.2, 0.25) is 5.60 Å². The molecular formula is C19H12F4N2OS. The first kappa shape index (κ1) is 17.7. The molecule has 3 nitrogen and oxygen atoms in total. The Bertz CT molecular complexity index is 1090. The van der Waals surface area contributed by atoms with E-state index in [-0.39, 0.29) is 10.4 Å². The van der Waals surface area contributed by atoms with Crippen molar-refractivity contribution in [2.45, 2.75) is 11.8 Å². The number of rotatable bonds is 3. The smallest absolute Gasteiger partial charge is 0.372 e. The van der Waals surface area contributed by atoms with Crippen LogP contribution in [0.2, 0.25) is 0 Å². The molecule has 2 heterocycles. The zero-order valence-electron chi connectivity index (χ0n) is 13.6. The highest BCUT2D eigenvalue weighted by Gasteiger charge is 2.57. The van der Waals surface area contributed by atoms with E-state index in [0.717, 1.165) is 11.3 Å². The van der Waals surface area contributed by atoms with Crippen LogP contribution in [0, 0.1) is 5.82 Å². The van der Waals surface area contributed by atoms with E-state index >= 15 is 0 Å². The lowest BCUT2D eigenvalue weighted by atomic mass is 9.90. The van der Waals surface area contributed by atoms with Crippen LogP contribution in [0.15, 0.2) is 66.2 Å². The third-order valence-corrected chi connectivity index (χ3v) is 5.32. The molecule has 8 heteroatoms. The normalized spacial score (nSPS) is 14.4. The largest absolute Gasteiger partial charge is 0.426 e. The zero-order valence-corrected chi connectivity index (χ0v) is 14.4. The first-order valence-corrected chi connectivity index (χ1v) is 8.76.